The van der Waals surface area contributed by atoms with Crippen molar-refractivity contribution < 1.29 is 23.8 Å². The minimum Gasteiger partial charge on any atom is -0.466 e. The number of nitrogens with two attached hydrogens (primary N) is 1. The number of esters is 2. The number of hydrogen-bond acceptors (Lipinski definition) is 7. The van der Waals surface area contributed by atoms with Crippen molar-refractivity contribution in [3.8, 4) is 0 Å². The van der Waals surface area contributed by atoms with Crippen LogP contribution in [0.1, 0.15) is 25.3 Å². The molecule has 0 aliphatic carbocycles. The molecule has 1 aromatic rings. The van der Waals surface area contributed by atoms with Crippen LogP contribution in [-0.4, -0.2) is 45.4 Å². The summed E-state index contributed by atoms with van der Waals surface area (Å²) < 4.78 is 15.8. The maximum atomic E-state index is 12.9. The first-order chi connectivity index (χ1) is 13.5. The number of carbonyl (C=O) groups excluding carboxylic acids is 2. The number of halogens is 1. The minimum absolute atomic E-state index is 0.109. The lowest BCUT2D eigenvalue weighted by molar-refractivity contribution is -0.139. The second-order valence-corrected chi connectivity index (χ2v) is 6.47. The number of dihydropyridines is 1. The second kappa shape index (κ2) is 10.3. The van der Waals surface area contributed by atoms with Crippen molar-refractivity contribution in [3.63, 3.8) is 0 Å². The van der Waals surface area contributed by atoms with E-state index in [1.807, 2.05) is 0 Å². The number of methoxy groups -OCH3 is 1. The molecule has 0 bridgehead atoms. The van der Waals surface area contributed by atoms with Crippen LogP contribution in [0.25, 0.3) is 0 Å². The van der Waals surface area contributed by atoms with Gasteiger partial charge in [-0.15, -0.1) is 0 Å². The molecular weight excluding hydrogens is 385 g/mol. The second-order valence-electron chi connectivity index (χ2n) is 6.06. The van der Waals surface area contributed by atoms with E-state index in [9.17, 15) is 9.59 Å². The van der Waals surface area contributed by atoms with Crippen molar-refractivity contribution in [2.45, 2.75) is 19.8 Å². The van der Waals surface area contributed by atoms with Crippen LogP contribution >= 0.6 is 11.6 Å². The molecule has 2 rings (SSSR count). The van der Waals surface area contributed by atoms with Crippen LogP contribution in [0.5, 0.6) is 0 Å². The van der Waals surface area contributed by atoms with E-state index in [1.54, 1.807) is 38.1 Å². The van der Waals surface area contributed by atoms with Crippen molar-refractivity contribution in [1.29, 1.82) is 0 Å². The van der Waals surface area contributed by atoms with Gasteiger partial charge in [0.15, 0.2) is 0 Å². The highest BCUT2D eigenvalue weighted by molar-refractivity contribution is 6.31. The number of rotatable bonds is 8. The third kappa shape index (κ3) is 4.73. The van der Waals surface area contributed by atoms with Crippen LogP contribution in [0.4, 0.5) is 0 Å². The molecule has 0 saturated heterocycles. The van der Waals surface area contributed by atoms with Gasteiger partial charge in [-0.25, -0.2) is 9.59 Å². The van der Waals surface area contributed by atoms with E-state index in [2.05, 4.69) is 5.32 Å². The third-order valence-electron chi connectivity index (χ3n) is 4.27. The Kier molecular flexibility index (Phi) is 8.04. The Morgan fingerprint density at radius 2 is 1.93 bits per heavy atom. The van der Waals surface area contributed by atoms with Crippen LogP contribution in [0.3, 0.4) is 0 Å². The summed E-state index contributed by atoms with van der Waals surface area (Å²) in [6.07, 6.45) is 0. The third-order valence-corrected chi connectivity index (χ3v) is 4.61. The number of nitrogens with one attached hydrogen (secondary N) is 1. The summed E-state index contributed by atoms with van der Waals surface area (Å²) in [7, 11) is 1.29. The minimum atomic E-state index is -0.752. The lowest BCUT2D eigenvalue weighted by atomic mass is 9.82. The van der Waals surface area contributed by atoms with E-state index in [0.29, 0.717) is 40.7 Å². The van der Waals surface area contributed by atoms with Gasteiger partial charge in [-0.3, -0.25) is 0 Å². The van der Waals surface area contributed by atoms with Gasteiger partial charge >= 0.3 is 11.9 Å². The van der Waals surface area contributed by atoms with E-state index in [4.69, 9.17) is 31.5 Å². The highest BCUT2D eigenvalue weighted by Crippen LogP contribution is 2.41. The monoisotopic (exact) mass is 409 g/mol. The number of carbonyl (C=O) groups is 2. The molecule has 3 N–H and O–H groups in total. The molecule has 152 valence electrons. The fraction of sp³-hybridized carbons (Fsp3) is 0.400. The molecule has 0 spiro atoms. The Morgan fingerprint density at radius 3 is 2.54 bits per heavy atom. The van der Waals surface area contributed by atoms with Crippen molar-refractivity contribution in [2.24, 2.45) is 5.73 Å². The molecule has 1 aliphatic rings. The molecule has 1 aromatic carbocycles. The van der Waals surface area contributed by atoms with Gasteiger partial charge in [0, 0.05) is 17.3 Å². The first-order valence-electron chi connectivity index (χ1n) is 8.94. The Bertz CT molecular complexity index is 804. The van der Waals surface area contributed by atoms with Gasteiger partial charge in [0.2, 0.25) is 0 Å². The van der Waals surface area contributed by atoms with Gasteiger partial charge in [0.25, 0.3) is 0 Å². The highest BCUT2D eigenvalue weighted by atomic mass is 35.5. The molecule has 1 heterocycles. The zero-order valence-corrected chi connectivity index (χ0v) is 17.0. The number of allylic oxidation sites excluding steroid dienone is 1. The molecule has 0 amide bonds. The summed E-state index contributed by atoms with van der Waals surface area (Å²) >= 11 is 6.42. The zero-order valence-electron chi connectivity index (χ0n) is 16.2. The number of benzene rings is 1. The SMILES string of the molecule is CCOC(=O)C1=C(COCCN)NC(C)=C([13C](=O)OC)C1c1ccccc1Cl. The van der Waals surface area contributed by atoms with Crippen molar-refractivity contribution >= 4 is 23.5 Å². The fourth-order valence-corrected chi connectivity index (χ4v) is 3.36. The molecule has 1 atom stereocenters. The molecular formula is C20H25ClN2O5. The van der Waals surface area contributed by atoms with Crippen LogP contribution in [-0.2, 0) is 23.8 Å². The molecule has 0 aromatic heterocycles. The summed E-state index contributed by atoms with van der Waals surface area (Å²) in [4.78, 5) is 25.5. The van der Waals surface area contributed by atoms with Crippen LogP contribution in [0, 0.1) is 0 Å². The van der Waals surface area contributed by atoms with E-state index >= 15 is 0 Å². The summed E-state index contributed by atoms with van der Waals surface area (Å²) in [6, 6.07) is 7.05. The average molecular weight is 410 g/mol. The molecule has 8 heteroatoms. The van der Waals surface area contributed by atoms with E-state index in [1.165, 1.54) is 7.11 Å². The molecule has 0 saturated carbocycles. The molecule has 0 fully saturated rings. The summed E-state index contributed by atoms with van der Waals surface area (Å²) in [5.41, 5.74) is 7.70. The van der Waals surface area contributed by atoms with Gasteiger partial charge in [0.1, 0.15) is 0 Å². The zero-order chi connectivity index (χ0) is 20.7. The smallest absolute Gasteiger partial charge is 0.336 e. The van der Waals surface area contributed by atoms with Gasteiger partial charge < -0.3 is 25.3 Å². The van der Waals surface area contributed by atoms with Crippen molar-refractivity contribution in [1.82, 2.24) is 5.32 Å². The van der Waals surface area contributed by atoms with Crippen molar-refractivity contribution in [2.75, 3.05) is 33.5 Å². The lowest BCUT2D eigenvalue weighted by Crippen LogP contribution is -2.35. The maximum absolute atomic E-state index is 12.9. The highest BCUT2D eigenvalue weighted by Gasteiger charge is 2.39. The Balaban J connectivity index is 2.67. The Hall–Kier alpha value is -2.35. The lowest BCUT2D eigenvalue weighted by Gasteiger charge is -2.31. The fourth-order valence-electron chi connectivity index (χ4n) is 3.12. The standard InChI is InChI=1S/C20H25ClN2O5/c1-4-28-20(25)18-15(11-27-10-9-22)23-12(2)16(19(24)26-3)17(18)13-7-5-6-8-14(13)21/h5-8,17,23H,4,9-11,22H2,1-3H3/i19+1. The van der Waals surface area contributed by atoms with Gasteiger partial charge in [-0.1, -0.05) is 29.8 Å². The molecule has 1 aliphatic heterocycles. The first kappa shape index (κ1) is 21.9. The quantitative estimate of drug-likeness (QED) is 0.386. The predicted molar refractivity (Wildman–Crippen MR) is 106 cm³/mol. The molecule has 28 heavy (non-hydrogen) atoms. The normalized spacial score (nSPS) is 16.7. The molecule has 1 unspecified atom stereocenters. The summed E-state index contributed by atoms with van der Waals surface area (Å²) in [5.74, 6) is -1.86. The molecule has 0 radical (unpaired) electrons. The summed E-state index contributed by atoms with van der Waals surface area (Å²) in [5, 5.41) is 3.52. The Labute approximate surface area is 169 Å². The maximum Gasteiger partial charge on any atom is 0.336 e. The first-order valence-corrected chi connectivity index (χ1v) is 9.32. The predicted octanol–water partition coefficient (Wildman–Crippen LogP) is 2.27. The largest absolute Gasteiger partial charge is 0.466 e. The van der Waals surface area contributed by atoms with Gasteiger partial charge in [-0.2, -0.15) is 0 Å². The van der Waals surface area contributed by atoms with E-state index < -0.39 is 17.9 Å². The van der Waals surface area contributed by atoms with Gasteiger partial charge in [-0.05, 0) is 25.5 Å². The number of hydrogen-bond donors (Lipinski definition) is 2. The topological polar surface area (TPSA) is 99.9 Å². The van der Waals surface area contributed by atoms with Gasteiger partial charge in [0.05, 0.1) is 49.7 Å². The van der Waals surface area contributed by atoms with E-state index in [0.717, 1.165) is 0 Å². The Morgan fingerprint density at radius 1 is 1.21 bits per heavy atom. The van der Waals surface area contributed by atoms with Crippen LogP contribution < -0.4 is 11.1 Å². The van der Waals surface area contributed by atoms with Crippen LogP contribution in [0.2, 0.25) is 5.02 Å². The van der Waals surface area contributed by atoms with Crippen LogP contribution in [0.15, 0.2) is 46.8 Å². The molecule has 7 nitrogen and oxygen atoms in total. The van der Waals surface area contributed by atoms with E-state index in [-0.39, 0.29) is 18.8 Å². The van der Waals surface area contributed by atoms with Crippen molar-refractivity contribution in [3.05, 3.63) is 57.4 Å². The summed E-state index contributed by atoms with van der Waals surface area (Å²) in [6.45, 7) is 4.42. The average Bonchev–Trinajstić information content (AvgIpc) is 2.67. The number of ether oxygens (including phenoxy) is 3.